The predicted molar refractivity (Wildman–Crippen MR) is 157 cm³/mol. The van der Waals surface area contributed by atoms with E-state index in [1.165, 1.54) is 0 Å². The average Bonchev–Trinajstić information content (AvgIpc) is 3.37. The molecule has 0 bridgehead atoms. The first kappa shape index (κ1) is 30.9. The fraction of sp³-hybridized carbons (Fsp3) is 0.516. The number of amides is 1. The lowest BCUT2D eigenvalue weighted by Crippen LogP contribution is -2.52. The monoisotopic (exact) mass is 577 g/mol. The molecular formula is C31H39N5O6. The van der Waals surface area contributed by atoms with E-state index in [2.05, 4.69) is 10.0 Å². The minimum atomic E-state index is -1.50. The summed E-state index contributed by atoms with van der Waals surface area (Å²) in [5, 5.41) is 12.9. The molecule has 4 rings (SSSR count). The maximum atomic E-state index is 14.5. The van der Waals surface area contributed by atoms with Gasteiger partial charge in [0.15, 0.2) is 11.6 Å². The number of hydrogen-bond donors (Lipinski definition) is 1. The number of likely N-dealkylation sites (tertiary alicyclic amines) is 1. The van der Waals surface area contributed by atoms with E-state index < -0.39 is 23.2 Å². The van der Waals surface area contributed by atoms with Crippen LogP contribution in [-0.2, 0) is 19.1 Å². The molecule has 0 radical (unpaired) electrons. The number of carbonyl (C=O) groups excluding carboxylic acids is 2. The molecule has 42 heavy (non-hydrogen) atoms. The lowest BCUT2D eigenvalue weighted by molar-refractivity contribution is -0.155. The molecule has 0 unspecified atom stereocenters. The number of hydrogen-bond acceptors (Lipinski definition) is 8. The third-order valence-corrected chi connectivity index (χ3v) is 7.15. The number of nitrogens with zero attached hydrogens (tertiary/aromatic N) is 5. The molecule has 0 spiro atoms. The molecule has 2 aliphatic heterocycles. The Morgan fingerprint density at radius 1 is 1.14 bits per heavy atom. The van der Waals surface area contributed by atoms with Gasteiger partial charge in [-0.25, -0.2) is 4.99 Å². The summed E-state index contributed by atoms with van der Waals surface area (Å²) in [4.78, 5) is 37.2. The van der Waals surface area contributed by atoms with Crippen molar-refractivity contribution in [1.29, 1.82) is 0 Å². The van der Waals surface area contributed by atoms with Gasteiger partial charge in [-0.1, -0.05) is 29.4 Å². The van der Waals surface area contributed by atoms with Crippen LogP contribution < -0.4 is 4.74 Å². The molecule has 2 aromatic rings. The Balaban J connectivity index is 1.79. The third kappa shape index (κ3) is 7.40. The summed E-state index contributed by atoms with van der Waals surface area (Å²) in [6.07, 6.45) is 2.34. The highest BCUT2D eigenvalue weighted by Crippen LogP contribution is 2.47. The first-order chi connectivity index (χ1) is 20.2. The summed E-state index contributed by atoms with van der Waals surface area (Å²) in [7, 11) is 0. The highest BCUT2D eigenvalue weighted by molar-refractivity contribution is 6.01. The number of azide groups is 1. The van der Waals surface area contributed by atoms with Gasteiger partial charge in [0.2, 0.25) is 5.90 Å². The van der Waals surface area contributed by atoms with Crippen LogP contribution in [0.5, 0.6) is 5.75 Å². The maximum Gasteiger partial charge on any atom is 0.306 e. The predicted octanol–water partition coefficient (Wildman–Crippen LogP) is 5.78. The van der Waals surface area contributed by atoms with E-state index in [0.29, 0.717) is 48.7 Å². The number of ether oxygens (including phenoxy) is 3. The lowest BCUT2D eigenvalue weighted by Gasteiger charge is -2.37. The molecule has 224 valence electrons. The third-order valence-electron chi connectivity index (χ3n) is 7.15. The SMILES string of the molecule is CC(C)(C)OC(=O)CC[C@]1(C(=O)N2CCCCC2)N=C(c2ccc(OCCCO)cc2)O[C@H]1c1ccccc1N=[N+]=[N-]. The van der Waals surface area contributed by atoms with Gasteiger partial charge in [-0.3, -0.25) is 9.59 Å². The Morgan fingerprint density at radius 3 is 2.52 bits per heavy atom. The molecule has 2 aromatic carbocycles. The molecule has 2 aliphatic rings. The molecule has 0 aliphatic carbocycles. The Hall–Kier alpha value is -4.08. The van der Waals surface area contributed by atoms with Gasteiger partial charge in [-0.2, -0.15) is 0 Å². The summed E-state index contributed by atoms with van der Waals surface area (Å²) in [5.41, 5.74) is 8.55. The van der Waals surface area contributed by atoms with Crippen molar-refractivity contribution < 1.29 is 28.9 Å². The Bertz CT molecular complexity index is 1330. The van der Waals surface area contributed by atoms with Crippen molar-refractivity contribution in [3.63, 3.8) is 0 Å². The van der Waals surface area contributed by atoms with Crippen molar-refractivity contribution in [2.45, 2.75) is 76.5 Å². The normalized spacial score (nSPS) is 20.2. The van der Waals surface area contributed by atoms with Crippen LogP contribution in [0.15, 0.2) is 58.6 Å². The van der Waals surface area contributed by atoms with Crippen molar-refractivity contribution in [3.05, 3.63) is 70.1 Å². The Labute approximate surface area is 246 Å². The van der Waals surface area contributed by atoms with E-state index >= 15 is 0 Å². The van der Waals surface area contributed by atoms with Crippen LogP contribution in [-0.4, -0.2) is 65.2 Å². The standard InChI is InChI=1S/C31H39N5O6/c1-30(2,3)42-26(38)16-17-31(29(39)36-18-7-4-8-19-36)27(24-10-5-6-11-25(24)34-35-32)41-28(33-31)22-12-14-23(15-13-22)40-21-9-20-37/h5-6,10-15,27,37H,4,7-9,16-21H2,1-3H3/t27-,31-/m0/s1. The van der Waals surface area contributed by atoms with Crippen LogP contribution in [0.1, 0.15) is 76.5 Å². The molecule has 11 heteroatoms. The van der Waals surface area contributed by atoms with E-state index in [1.54, 1.807) is 74.2 Å². The highest BCUT2D eigenvalue weighted by atomic mass is 16.6. The molecular weight excluding hydrogens is 538 g/mol. The lowest BCUT2D eigenvalue weighted by atomic mass is 9.82. The zero-order chi connectivity index (χ0) is 30.2. The van der Waals surface area contributed by atoms with Gasteiger partial charge in [-0.15, -0.1) is 0 Å². The maximum absolute atomic E-state index is 14.5. The summed E-state index contributed by atoms with van der Waals surface area (Å²) in [6, 6.07) is 14.1. The largest absolute Gasteiger partial charge is 0.494 e. The Morgan fingerprint density at radius 2 is 1.86 bits per heavy atom. The number of rotatable bonds is 11. The van der Waals surface area contributed by atoms with Crippen molar-refractivity contribution in [3.8, 4) is 5.75 Å². The van der Waals surface area contributed by atoms with Crippen molar-refractivity contribution in [2.24, 2.45) is 10.1 Å². The average molecular weight is 578 g/mol. The molecule has 2 heterocycles. The number of aliphatic imine (C=N–C) groups is 1. The van der Waals surface area contributed by atoms with E-state index in [0.717, 1.165) is 19.3 Å². The molecule has 1 amide bonds. The van der Waals surface area contributed by atoms with Crippen LogP contribution >= 0.6 is 0 Å². The second kappa shape index (κ2) is 13.7. The van der Waals surface area contributed by atoms with Crippen LogP contribution in [0.3, 0.4) is 0 Å². The van der Waals surface area contributed by atoms with Crippen molar-refractivity contribution in [2.75, 3.05) is 26.3 Å². The van der Waals surface area contributed by atoms with Gasteiger partial charge in [0, 0.05) is 54.3 Å². The second-order valence-electron chi connectivity index (χ2n) is 11.5. The second-order valence-corrected chi connectivity index (χ2v) is 11.5. The van der Waals surface area contributed by atoms with Gasteiger partial charge in [0.1, 0.15) is 11.4 Å². The minimum absolute atomic E-state index is 0.0395. The zero-order valence-corrected chi connectivity index (χ0v) is 24.5. The summed E-state index contributed by atoms with van der Waals surface area (Å²) < 4.78 is 17.8. The van der Waals surface area contributed by atoms with Gasteiger partial charge in [0.05, 0.1) is 6.61 Å². The van der Waals surface area contributed by atoms with E-state index in [-0.39, 0.29) is 31.3 Å². The first-order valence-corrected chi connectivity index (χ1v) is 14.4. The zero-order valence-electron chi connectivity index (χ0n) is 24.5. The molecule has 1 fully saturated rings. The summed E-state index contributed by atoms with van der Waals surface area (Å²) in [6.45, 7) is 6.98. The van der Waals surface area contributed by atoms with Crippen LogP contribution in [0.2, 0.25) is 0 Å². The van der Waals surface area contributed by atoms with Gasteiger partial charge in [0.25, 0.3) is 5.91 Å². The number of aliphatic hydroxyl groups excluding tert-OH is 1. The van der Waals surface area contributed by atoms with Crippen LogP contribution in [0.4, 0.5) is 5.69 Å². The fourth-order valence-corrected chi connectivity index (χ4v) is 5.24. The van der Waals surface area contributed by atoms with Crippen LogP contribution in [0.25, 0.3) is 10.4 Å². The molecule has 1 saturated heterocycles. The van der Waals surface area contributed by atoms with Gasteiger partial charge < -0.3 is 24.2 Å². The van der Waals surface area contributed by atoms with Gasteiger partial charge in [-0.05, 0) is 76.3 Å². The molecule has 11 nitrogen and oxygen atoms in total. The van der Waals surface area contributed by atoms with Crippen LogP contribution in [0, 0.1) is 0 Å². The minimum Gasteiger partial charge on any atom is -0.494 e. The number of esters is 1. The topological polar surface area (TPSA) is 146 Å². The molecule has 1 N–H and O–H groups in total. The number of benzene rings is 2. The van der Waals surface area contributed by atoms with E-state index in [9.17, 15) is 15.1 Å². The smallest absolute Gasteiger partial charge is 0.306 e. The molecule has 2 atom stereocenters. The summed E-state index contributed by atoms with van der Waals surface area (Å²) in [5.74, 6) is 0.192. The summed E-state index contributed by atoms with van der Waals surface area (Å²) >= 11 is 0. The Kier molecular flexibility index (Phi) is 10.1. The highest BCUT2D eigenvalue weighted by Gasteiger charge is 2.55. The van der Waals surface area contributed by atoms with Crippen molar-refractivity contribution in [1.82, 2.24) is 4.90 Å². The van der Waals surface area contributed by atoms with Crippen molar-refractivity contribution >= 4 is 23.5 Å². The first-order valence-electron chi connectivity index (χ1n) is 14.4. The quantitative estimate of drug-likeness (QED) is 0.118. The molecule has 0 saturated carbocycles. The number of piperidine rings is 1. The van der Waals surface area contributed by atoms with Gasteiger partial charge >= 0.3 is 5.97 Å². The fourth-order valence-electron chi connectivity index (χ4n) is 5.24. The number of aliphatic hydroxyl groups is 1. The van der Waals surface area contributed by atoms with E-state index in [1.807, 2.05) is 0 Å². The van der Waals surface area contributed by atoms with E-state index in [4.69, 9.17) is 24.3 Å². The number of carbonyl (C=O) groups is 2. The molecule has 0 aromatic heterocycles.